The number of pyridine rings is 1. The molecule has 5 rings (SSSR count). The summed E-state index contributed by atoms with van der Waals surface area (Å²) < 4.78 is 5.60. The topological polar surface area (TPSA) is 37.7 Å². The van der Waals surface area contributed by atoms with E-state index in [2.05, 4.69) is 59.3 Å². The van der Waals surface area contributed by atoms with Crippen molar-refractivity contribution in [2.24, 2.45) is 4.99 Å². The summed E-state index contributed by atoms with van der Waals surface area (Å²) in [6, 6.07) is 19.0. The predicted molar refractivity (Wildman–Crippen MR) is 111 cm³/mol. The monoisotopic (exact) mass is 375 g/mol. The van der Waals surface area contributed by atoms with Crippen molar-refractivity contribution in [3.63, 3.8) is 0 Å². The van der Waals surface area contributed by atoms with E-state index >= 15 is 0 Å². The van der Waals surface area contributed by atoms with Gasteiger partial charge in [-0.2, -0.15) is 0 Å². The lowest BCUT2D eigenvalue weighted by Gasteiger charge is -2.28. The second-order valence-corrected chi connectivity index (χ2v) is 8.45. The minimum atomic E-state index is 0.0120. The van der Waals surface area contributed by atoms with Gasteiger partial charge >= 0.3 is 0 Å². The smallest absolute Gasteiger partial charge is 0.160 e. The minimum Gasteiger partial charge on any atom is -0.496 e. The van der Waals surface area contributed by atoms with E-state index in [0.29, 0.717) is 5.25 Å². The molecule has 0 saturated carbocycles. The Balaban J connectivity index is 1.69. The maximum Gasteiger partial charge on any atom is 0.160 e. The summed E-state index contributed by atoms with van der Waals surface area (Å²) in [5.41, 5.74) is 2.31. The Morgan fingerprint density at radius 1 is 1.04 bits per heavy atom. The van der Waals surface area contributed by atoms with E-state index in [-0.39, 0.29) is 12.1 Å². The number of amidine groups is 1. The zero-order chi connectivity index (χ0) is 18.4. The van der Waals surface area contributed by atoms with E-state index in [0.717, 1.165) is 28.5 Å². The number of ether oxygens (including phenoxy) is 1. The molecule has 2 aromatic carbocycles. The largest absolute Gasteiger partial charge is 0.496 e. The molecular formula is C22H21N3OS. The van der Waals surface area contributed by atoms with E-state index in [4.69, 9.17) is 9.73 Å². The van der Waals surface area contributed by atoms with Gasteiger partial charge in [-0.05, 0) is 29.1 Å². The molecule has 0 amide bonds. The molecule has 136 valence electrons. The number of rotatable bonds is 3. The number of fused-ring (bicyclic) bond motifs is 2. The molecule has 0 aliphatic carbocycles. The second-order valence-electron chi connectivity index (χ2n) is 7.04. The molecule has 4 nitrogen and oxygen atoms in total. The maximum absolute atomic E-state index is 5.60. The zero-order valence-corrected chi connectivity index (χ0v) is 16.2. The second kappa shape index (κ2) is 6.57. The maximum atomic E-state index is 5.60. The molecule has 27 heavy (non-hydrogen) atoms. The average Bonchev–Trinajstić information content (AvgIpc) is 3.24. The van der Waals surface area contributed by atoms with E-state index < -0.39 is 0 Å². The Bertz CT molecular complexity index is 1020. The van der Waals surface area contributed by atoms with Crippen LogP contribution in [-0.2, 0) is 0 Å². The van der Waals surface area contributed by atoms with Crippen LogP contribution in [0.2, 0.25) is 0 Å². The molecule has 0 bridgehead atoms. The molecule has 0 unspecified atom stereocenters. The molecule has 1 aromatic heterocycles. The number of benzene rings is 2. The highest BCUT2D eigenvalue weighted by Gasteiger charge is 2.44. The van der Waals surface area contributed by atoms with Gasteiger partial charge in [0.15, 0.2) is 5.17 Å². The summed E-state index contributed by atoms with van der Waals surface area (Å²) >= 11 is 1.87. The van der Waals surface area contributed by atoms with Crippen LogP contribution in [0.1, 0.15) is 30.3 Å². The first-order chi connectivity index (χ1) is 13.3. The lowest BCUT2D eigenvalue weighted by atomic mass is 9.91. The highest BCUT2D eigenvalue weighted by atomic mass is 32.2. The van der Waals surface area contributed by atoms with Gasteiger partial charge in [0.1, 0.15) is 11.8 Å². The third-order valence-corrected chi connectivity index (χ3v) is 6.44. The Labute approximate surface area is 163 Å². The third kappa shape index (κ3) is 2.69. The molecule has 0 spiro atoms. The fourth-order valence-corrected chi connectivity index (χ4v) is 5.28. The van der Waals surface area contributed by atoms with Gasteiger partial charge in [0.2, 0.25) is 0 Å². The first kappa shape index (κ1) is 16.6. The number of hydrogen-bond acceptors (Lipinski definition) is 5. The fourth-order valence-electron chi connectivity index (χ4n) is 4.18. The Morgan fingerprint density at radius 2 is 1.85 bits per heavy atom. The molecule has 3 atom stereocenters. The van der Waals surface area contributed by atoms with Gasteiger partial charge < -0.3 is 9.64 Å². The van der Waals surface area contributed by atoms with Gasteiger partial charge in [-0.1, -0.05) is 55.1 Å². The molecule has 0 N–H and O–H groups in total. The van der Waals surface area contributed by atoms with Crippen LogP contribution in [0.3, 0.4) is 0 Å². The number of thioether (sulfide) groups is 1. The lowest BCUT2D eigenvalue weighted by molar-refractivity contribution is 0.323. The molecule has 2 aliphatic heterocycles. The van der Waals surface area contributed by atoms with Crippen molar-refractivity contribution in [1.82, 2.24) is 9.88 Å². The Hall–Kier alpha value is -2.53. The Kier molecular flexibility index (Phi) is 4.05. The van der Waals surface area contributed by atoms with E-state index in [1.54, 1.807) is 7.11 Å². The highest BCUT2D eigenvalue weighted by Crippen LogP contribution is 2.49. The van der Waals surface area contributed by atoms with Crippen molar-refractivity contribution >= 4 is 27.7 Å². The molecule has 3 heterocycles. The van der Waals surface area contributed by atoms with Crippen LogP contribution in [0.5, 0.6) is 5.75 Å². The van der Waals surface area contributed by atoms with Crippen molar-refractivity contribution < 1.29 is 4.74 Å². The summed E-state index contributed by atoms with van der Waals surface area (Å²) in [6.07, 6.45) is 1.86. The molecular weight excluding hydrogens is 354 g/mol. The summed E-state index contributed by atoms with van der Waals surface area (Å²) in [5.74, 6) is 0.909. The van der Waals surface area contributed by atoms with Gasteiger partial charge in [0.05, 0.1) is 18.8 Å². The lowest BCUT2D eigenvalue weighted by Crippen LogP contribution is -2.28. The van der Waals surface area contributed by atoms with E-state index in [9.17, 15) is 0 Å². The van der Waals surface area contributed by atoms with Crippen LogP contribution < -0.4 is 4.74 Å². The quantitative estimate of drug-likeness (QED) is 0.657. The van der Waals surface area contributed by atoms with Crippen molar-refractivity contribution in [3.8, 4) is 5.75 Å². The van der Waals surface area contributed by atoms with Crippen LogP contribution >= 0.6 is 11.8 Å². The number of aromatic nitrogens is 1. The minimum absolute atomic E-state index is 0.0120. The highest BCUT2D eigenvalue weighted by molar-refractivity contribution is 8.14. The van der Waals surface area contributed by atoms with Gasteiger partial charge in [-0.15, -0.1) is 0 Å². The summed E-state index contributed by atoms with van der Waals surface area (Å²) in [6.45, 7) is 3.28. The van der Waals surface area contributed by atoms with Crippen molar-refractivity contribution in [1.29, 1.82) is 0 Å². The van der Waals surface area contributed by atoms with Crippen LogP contribution in [-0.4, -0.2) is 34.0 Å². The molecule has 1 fully saturated rings. The van der Waals surface area contributed by atoms with Gasteiger partial charge in [-0.25, -0.2) is 0 Å². The van der Waals surface area contributed by atoms with Gasteiger partial charge in [-0.3, -0.25) is 9.98 Å². The molecule has 3 aromatic rings. The number of nitrogens with zero attached hydrogens (tertiary/aromatic N) is 3. The first-order valence-corrected chi connectivity index (χ1v) is 10.1. The number of hydrogen-bond donors (Lipinski definition) is 0. The van der Waals surface area contributed by atoms with Crippen molar-refractivity contribution in [3.05, 3.63) is 72.1 Å². The van der Waals surface area contributed by atoms with E-state index in [1.807, 2.05) is 30.1 Å². The van der Waals surface area contributed by atoms with Crippen LogP contribution in [0.25, 0.3) is 10.8 Å². The normalized spacial score (nSPS) is 24.1. The summed E-state index contributed by atoms with van der Waals surface area (Å²) in [5, 5.41) is 4.07. The molecule has 0 radical (unpaired) electrons. The standard InChI is InChI=1S/C22H21N3OS/c1-14-13-25-21(20(24-22(25)27-14)18-9-5-6-12-23-18)17-10-11-19(26-2)16-8-4-3-7-15(16)17/h3-12,14,20-21H,13H2,1-2H3/t14-,20+,21-/m0/s1. The predicted octanol–water partition coefficient (Wildman–Crippen LogP) is 4.83. The van der Waals surface area contributed by atoms with Crippen molar-refractivity contribution in [2.75, 3.05) is 13.7 Å². The van der Waals surface area contributed by atoms with Crippen LogP contribution in [0.15, 0.2) is 65.8 Å². The number of methoxy groups -OCH3 is 1. The zero-order valence-electron chi connectivity index (χ0n) is 15.4. The van der Waals surface area contributed by atoms with Gasteiger partial charge in [0, 0.05) is 23.4 Å². The fraction of sp³-hybridized carbons (Fsp3) is 0.273. The van der Waals surface area contributed by atoms with E-state index in [1.165, 1.54) is 10.9 Å². The average molecular weight is 375 g/mol. The van der Waals surface area contributed by atoms with Crippen LogP contribution in [0.4, 0.5) is 0 Å². The van der Waals surface area contributed by atoms with Crippen molar-refractivity contribution in [2.45, 2.75) is 24.3 Å². The summed E-state index contributed by atoms with van der Waals surface area (Å²) in [4.78, 5) is 12.2. The summed E-state index contributed by atoms with van der Waals surface area (Å²) in [7, 11) is 1.73. The van der Waals surface area contributed by atoms with Crippen LogP contribution in [0, 0.1) is 0 Å². The molecule has 2 aliphatic rings. The SMILES string of the molecule is COc1ccc([C@H]2[C@@H](c3ccccn3)N=C3S[C@@H](C)CN32)c2ccccc12. The first-order valence-electron chi connectivity index (χ1n) is 9.24. The Morgan fingerprint density at radius 3 is 2.63 bits per heavy atom. The third-order valence-electron chi connectivity index (χ3n) is 5.34. The van der Waals surface area contributed by atoms with Gasteiger partial charge in [0.25, 0.3) is 0 Å². The molecule has 1 saturated heterocycles. The molecule has 5 heteroatoms. The number of aliphatic imine (C=N–C) groups is 1.